The van der Waals surface area contributed by atoms with Gasteiger partial charge in [-0.25, -0.2) is 0 Å². The van der Waals surface area contributed by atoms with Crippen LogP contribution in [-0.4, -0.2) is 24.5 Å². The summed E-state index contributed by atoms with van der Waals surface area (Å²) in [6, 6.07) is 11.7. The SMILES string of the molecule is CCC1(C(=O)N(CCC#N)c2ccccc2)CCCN1. The second-order valence-electron chi connectivity index (χ2n) is 5.17. The molecule has 1 N–H and O–H groups in total. The standard InChI is InChI=1S/C16H21N3O/c1-2-16(10-6-12-18-16)15(20)19(13-7-11-17)14-8-4-3-5-9-14/h3-5,8-9,18H,2,6-7,10,12-13H2,1H3. The number of nitrogens with zero attached hydrogens (tertiary/aromatic N) is 2. The van der Waals surface area contributed by atoms with Crippen molar-refractivity contribution in [1.82, 2.24) is 5.32 Å². The van der Waals surface area contributed by atoms with Gasteiger partial charge in [-0.3, -0.25) is 4.79 Å². The van der Waals surface area contributed by atoms with Crippen LogP contribution in [0.3, 0.4) is 0 Å². The number of nitriles is 1. The van der Waals surface area contributed by atoms with Gasteiger partial charge in [0.05, 0.1) is 18.0 Å². The van der Waals surface area contributed by atoms with Crippen LogP contribution in [0.25, 0.3) is 0 Å². The van der Waals surface area contributed by atoms with Crippen molar-refractivity contribution >= 4 is 11.6 Å². The fourth-order valence-electron chi connectivity index (χ4n) is 2.82. The van der Waals surface area contributed by atoms with Crippen LogP contribution in [0.4, 0.5) is 5.69 Å². The zero-order chi connectivity index (χ0) is 14.4. The van der Waals surface area contributed by atoms with Gasteiger partial charge in [0.15, 0.2) is 0 Å². The van der Waals surface area contributed by atoms with Crippen LogP contribution in [-0.2, 0) is 4.79 Å². The average Bonchev–Trinajstić information content (AvgIpc) is 2.98. The number of carbonyl (C=O) groups excluding carboxylic acids is 1. The molecular weight excluding hydrogens is 250 g/mol. The summed E-state index contributed by atoms with van der Waals surface area (Å²) in [7, 11) is 0. The second kappa shape index (κ2) is 6.53. The smallest absolute Gasteiger partial charge is 0.247 e. The van der Waals surface area contributed by atoms with Crippen molar-refractivity contribution in [3.8, 4) is 6.07 Å². The fraction of sp³-hybridized carbons (Fsp3) is 0.500. The lowest BCUT2D eigenvalue weighted by atomic mass is 9.92. The Balaban J connectivity index is 2.27. The van der Waals surface area contributed by atoms with Crippen LogP contribution in [0, 0.1) is 11.3 Å². The van der Waals surface area contributed by atoms with Gasteiger partial charge in [-0.15, -0.1) is 0 Å². The molecule has 1 fully saturated rings. The first-order valence-corrected chi connectivity index (χ1v) is 7.22. The number of amides is 1. The molecule has 2 rings (SSSR count). The highest BCUT2D eigenvalue weighted by Crippen LogP contribution is 2.28. The highest BCUT2D eigenvalue weighted by Gasteiger charge is 2.42. The van der Waals surface area contributed by atoms with Crippen LogP contribution < -0.4 is 10.2 Å². The largest absolute Gasteiger partial charge is 0.310 e. The second-order valence-corrected chi connectivity index (χ2v) is 5.17. The number of hydrogen-bond acceptors (Lipinski definition) is 3. The van der Waals surface area contributed by atoms with E-state index in [2.05, 4.69) is 11.4 Å². The zero-order valence-electron chi connectivity index (χ0n) is 11.9. The molecule has 4 nitrogen and oxygen atoms in total. The van der Waals surface area contributed by atoms with Crippen molar-refractivity contribution in [2.24, 2.45) is 0 Å². The van der Waals surface area contributed by atoms with Gasteiger partial charge in [0, 0.05) is 12.2 Å². The molecule has 1 heterocycles. The summed E-state index contributed by atoms with van der Waals surface area (Å²) < 4.78 is 0. The van der Waals surface area contributed by atoms with Gasteiger partial charge >= 0.3 is 0 Å². The summed E-state index contributed by atoms with van der Waals surface area (Å²) in [6.45, 7) is 3.38. The molecular formula is C16H21N3O. The molecule has 1 unspecified atom stereocenters. The van der Waals surface area contributed by atoms with Crippen molar-refractivity contribution in [2.45, 2.75) is 38.1 Å². The highest BCUT2D eigenvalue weighted by molar-refractivity contribution is 6.00. The summed E-state index contributed by atoms with van der Waals surface area (Å²) in [4.78, 5) is 14.7. The normalized spacial score (nSPS) is 21.4. The van der Waals surface area contributed by atoms with Crippen molar-refractivity contribution in [3.05, 3.63) is 30.3 Å². The molecule has 0 aliphatic carbocycles. The van der Waals surface area contributed by atoms with E-state index in [0.29, 0.717) is 13.0 Å². The van der Waals surface area contributed by atoms with Gasteiger partial charge in [-0.2, -0.15) is 5.26 Å². The maximum Gasteiger partial charge on any atom is 0.247 e. The van der Waals surface area contributed by atoms with E-state index >= 15 is 0 Å². The third-order valence-corrected chi connectivity index (χ3v) is 4.02. The number of nitrogens with one attached hydrogen (secondary N) is 1. The summed E-state index contributed by atoms with van der Waals surface area (Å²) in [6.07, 6.45) is 3.03. The third-order valence-electron chi connectivity index (χ3n) is 4.02. The minimum Gasteiger partial charge on any atom is -0.310 e. The van der Waals surface area contributed by atoms with Crippen LogP contribution in [0.2, 0.25) is 0 Å². The Kier molecular flexibility index (Phi) is 4.75. The van der Waals surface area contributed by atoms with Gasteiger partial charge in [0.1, 0.15) is 0 Å². The molecule has 20 heavy (non-hydrogen) atoms. The van der Waals surface area contributed by atoms with Crippen LogP contribution in [0.5, 0.6) is 0 Å². The Labute approximate surface area is 120 Å². The number of carbonyl (C=O) groups is 1. The van der Waals surface area contributed by atoms with Crippen LogP contribution in [0.1, 0.15) is 32.6 Å². The number of hydrogen-bond donors (Lipinski definition) is 1. The van der Waals surface area contributed by atoms with E-state index in [-0.39, 0.29) is 5.91 Å². The zero-order valence-corrected chi connectivity index (χ0v) is 11.9. The molecule has 1 saturated heterocycles. The van der Waals surface area contributed by atoms with Gasteiger partial charge in [-0.1, -0.05) is 25.1 Å². The van der Waals surface area contributed by atoms with Crippen LogP contribution in [0.15, 0.2) is 30.3 Å². The molecule has 0 spiro atoms. The predicted octanol–water partition coefficient (Wildman–Crippen LogP) is 2.47. The topological polar surface area (TPSA) is 56.1 Å². The van der Waals surface area contributed by atoms with E-state index in [1.807, 2.05) is 37.3 Å². The summed E-state index contributed by atoms with van der Waals surface area (Å²) in [5.74, 6) is 0.0963. The summed E-state index contributed by atoms with van der Waals surface area (Å²) in [5.41, 5.74) is 0.417. The monoisotopic (exact) mass is 271 g/mol. The number of benzene rings is 1. The number of anilines is 1. The molecule has 1 aliphatic heterocycles. The Hall–Kier alpha value is -1.86. The Bertz CT molecular complexity index is 486. The molecule has 1 aliphatic rings. The first kappa shape index (κ1) is 14.5. The molecule has 0 bridgehead atoms. The Morgan fingerprint density at radius 2 is 2.20 bits per heavy atom. The fourth-order valence-corrected chi connectivity index (χ4v) is 2.82. The molecule has 106 valence electrons. The highest BCUT2D eigenvalue weighted by atomic mass is 16.2. The van der Waals surface area contributed by atoms with E-state index in [1.165, 1.54) is 0 Å². The van der Waals surface area contributed by atoms with Gasteiger partial charge in [-0.05, 0) is 37.9 Å². The Morgan fingerprint density at radius 1 is 1.45 bits per heavy atom. The molecule has 1 amide bonds. The molecule has 1 aromatic carbocycles. The summed E-state index contributed by atoms with van der Waals surface area (Å²) >= 11 is 0. The first-order chi connectivity index (χ1) is 9.73. The minimum absolute atomic E-state index is 0.0963. The van der Waals surface area contributed by atoms with Crippen molar-refractivity contribution in [1.29, 1.82) is 5.26 Å². The lowest BCUT2D eigenvalue weighted by Crippen LogP contribution is -2.55. The molecule has 0 radical (unpaired) electrons. The minimum atomic E-state index is -0.453. The summed E-state index contributed by atoms with van der Waals surface area (Å²) in [5, 5.41) is 12.2. The number of rotatable bonds is 5. The molecule has 1 aromatic rings. The quantitative estimate of drug-likeness (QED) is 0.895. The molecule has 4 heteroatoms. The van der Waals surface area contributed by atoms with Crippen molar-refractivity contribution < 1.29 is 4.79 Å². The van der Waals surface area contributed by atoms with E-state index in [0.717, 1.165) is 31.5 Å². The Morgan fingerprint density at radius 3 is 2.75 bits per heavy atom. The molecule has 1 atom stereocenters. The molecule has 0 saturated carbocycles. The van der Waals surface area contributed by atoms with E-state index in [4.69, 9.17) is 5.26 Å². The van der Waals surface area contributed by atoms with Gasteiger partial charge in [0.25, 0.3) is 0 Å². The van der Waals surface area contributed by atoms with Crippen molar-refractivity contribution in [3.63, 3.8) is 0 Å². The van der Waals surface area contributed by atoms with Crippen LogP contribution >= 0.6 is 0 Å². The van der Waals surface area contributed by atoms with Crippen molar-refractivity contribution in [2.75, 3.05) is 18.0 Å². The number of para-hydroxylation sites is 1. The van der Waals surface area contributed by atoms with E-state index in [9.17, 15) is 4.79 Å². The lowest BCUT2D eigenvalue weighted by Gasteiger charge is -2.33. The maximum atomic E-state index is 13.0. The predicted molar refractivity (Wildman–Crippen MR) is 79.3 cm³/mol. The van der Waals surface area contributed by atoms with Gasteiger partial charge < -0.3 is 10.2 Å². The molecule has 0 aromatic heterocycles. The third kappa shape index (κ3) is 2.83. The van der Waals surface area contributed by atoms with E-state index in [1.54, 1.807) is 4.90 Å². The maximum absolute atomic E-state index is 13.0. The van der Waals surface area contributed by atoms with E-state index < -0.39 is 5.54 Å². The van der Waals surface area contributed by atoms with Gasteiger partial charge in [0.2, 0.25) is 5.91 Å². The average molecular weight is 271 g/mol. The lowest BCUT2D eigenvalue weighted by molar-refractivity contribution is -0.124. The first-order valence-electron chi connectivity index (χ1n) is 7.22.